The molecule has 1 aromatic heterocycles. The summed E-state index contributed by atoms with van der Waals surface area (Å²) in [6, 6.07) is 57.8. The number of nitrogens with zero attached hydrogens (tertiary/aromatic N) is 3. The van der Waals surface area contributed by atoms with Gasteiger partial charge in [0.1, 0.15) is 11.9 Å². The van der Waals surface area contributed by atoms with Crippen molar-refractivity contribution < 1.29 is 4.74 Å². The van der Waals surface area contributed by atoms with Crippen LogP contribution in [0, 0.1) is 0 Å². The minimum absolute atomic E-state index is 0.0379. The first-order valence-electron chi connectivity index (χ1n) is 18.8. The fourth-order valence-corrected chi connectivity index (χ4v) is 8.32. The van der Waals surface area contributed by atoms with Crippen LogP contribution in [0.4, 0.5) is 0 Å². The predicted molar refractivity (Wildman–Crippen MR) is 225 cm³/mol. The Bertz CT molecular complexity index is 3020. The number of hydrogen-bond acceptors (Lipinski definition) is 4. The van der Waals surface area contributed by atoms with Gasteiger partial charge in [0, 0.05) is 28.2 Å². The van der Waals surface area contributed by atoms with Crippen molar-refractivity contribution in [2.45, 2.75) is 12.0 Å². The molecular formula is C51H33N3O. The number of hydrogen-bond donors (Lipinski definition) is 0. The van der Waals surface area contributed by atoms with E-state index in [4.69, 9.17) is 19.7 Å². The van der Waals surface area contributed by atoms with Crippen LogP contribution in [0.1, 0.15) is 11.5 Å². The van der Waals surface area contributed by atoms with Crippen LogP contribution in [-0.2, 0) is 0 Å². The molecule has 4 heteroatoms. The second-order valence-electron chi connectivity index (χ2n) is 14.3. The molecule has 1 aliphatic heterocycles. The molecule has 0 N–H and O–H groups in total. The topological polar surface area (TPSA) is 47.9 Å². The number of allylic oxidation sites excluding steroid dienone is 2. The zero-order chi connectivity index (χ0) is 36.3. The van der Waals surface area contributed by atoms with E-state index in [9.17, 15) is 0 Å². The third kappa shape index (κ3) is 5.42. The minimum Gasteiger partial charge on any atom is -0.485 e. The van der Waals surface area contributed by atoms with Crippen LogP contribution in [0.25, 0.3) is 88.7 Å². The molecule has 2 unspecified atom stereocenters. The lowest BCUT2D eigenvalue weighted by Gasteiger charge is -2.17. The summed E-state index contributed by atoms with van der Waals surface area (Å²) in [5, 5.41) is 7.01. The van der Waals surface area contributed by atoms with Crippen LogP contribution in [0.5, 0.6) is 5.75 Å². The van der Waals surface area contributed by atoms with Gasteiger partial charge >= 0.3 is 0 Å². The summed E-state index contributed by atoms with van der Waals surface area (Å²) in [6.45, 7) is 0. The maximum absolute atomic E-state index is 6.70. The van der Waals surface area contributed by atoms with Crippen LogP contribution in [0.15, 0.2) is 188 Å². The number of benzene rings is 8. The Morgan fingerprint density at radius 3 is 1.84 bits per heavy atom. The van der Waals surface area contributed by atoms with Crippen LogP contribution in [0.3, 0.4) is 0 Å². The minimum atomic E-state index is -0.0960. The number of aromatic nitrogens is 3. The second kappa shape index (κ2) is 12.8. The Labute approximate surface area is 318 Å². The van der Waals surface area contributed by atoms with E-state index in [1.165, 1.54) is 27.1 Å². The molecule has 258 valence electrons. The monoisotopic (exact) mass is 703 g/mol. The van der Waals surface area contributed by atoms with Gasteiger partial charge in [-0.15, -0.1) is 0 Å². The summed E-state index contributed by atoms with van der Waals surface area (Å²) in [6.07, 6.45) is 8.46. The molecule has 0 radical (unpaired) electrons. The Kier molecular flexibility index (Phi) is 7.27. The van der Waals surface area contributed by atoms with Gasteiger partial charge in [-0.25, -0.2) is 15.0 Å². The smallest absolute Gasteiger partial charge is 0.164 e. The molecule has 11 rings (SSSR count). The van der Waals surface area contributed by atoms with Crippen LogP contribution < -0.4 is 4.74 Å². The SMILES string of the molecule is C1=CC2Oc3cc(-c4ccc5ccccc5c4)cc(-c4nc(-c5ccc(-c6ccccc6)cc5)nc(-c5cc6ccccc6c6ccccc56)n4)c3C2C=C1. The van der Waals surface area contributed by atoms with Gasteiger partial charge in [-0.2, -0.15) is 0 Å². The van der Waals surface area contributed by atoms with Gasteiger partial charge in [0.2, 0.25) is 0 Å². The highest BCUT2D eigenvalue weighted by Gasteiger charge is 2.36. The average Bonchev–Trinajstić information content (AvgIpc) is 3.64. The van der Waals surface area contributed by atoms with E-state index in [-0.39, 0.29) is 12.0 Å². The lowest BCUT2D eigenvalue weighted by Crippen LogP contribution is -2.16. The summed E-state index contributed by atoms with van der Waals surface area (Å²) in [5.74, 6) is 2.77. The first-order valence-corrected chi connectivity index (χ1v) is 18.8. The van der Waals surface area contributed by atoms with Crippen LogP contribution in [-0.4, -0.2) is 21.1 Å². The normalized spacial score (nSPS) is 15.6. The highest BCUT2D eigenvalue weighted by molar-refractivity contribution is 6.13. The molecule has 1 aliphatic carbocycles. The van der Waals surface area contributed by atoms with Crippen molar-refractivity contribution in [3.05, 3.63) is 194 Å². The number of fused-ring (bicyclic) bond motifs is 7. The first-order chi connectivity index (χ1) is 27.2. The Hall–Kier alpha value is -7.17. The fourth-order valence-electron chi connectivity index (χ4n) is 8.32. The third-order valence-electron chi connectivity index (χ3n) is 11.0. The van der Waals surface area contributed by atoms with Gasteiger partial charge in [0.05, 0.1) is 0 Å². The standard InChI is InChI=1S/C51H33N3O/c1-2-12-32(13-3-1)34-22-25-35(26-23-34)49-52-50(44-29-38-16-6-7-17-40(38)41-18-8-9-19-42(41)44)54-51(53-49)45-30-39(37-27-24-33-14-4-5-15-36(33)28-37)31-47-48(45)43-20-10-11-21-46(43)55-47/h1-31,43,46H. The molecule has 0 bridgehead atoms. The largest absolute Gasteiger partial charge is 0.485 e. The van der Waals surface area contributed by atoms with E-state index >= 15 is 0 Å². The van der Waals surface area contributed by atoms with Gasteiger partial charge < -0.3 is 4.74 Å². The number of ether oxygens (including phenoxy) is 1. The molecule has 55 heavy (non-hydrogen) atoms. The van der Waals surface area contributed by atoms with E-state index in [0.29, 0.717) is 17.5 Å². The van der Waals surface area contributed by atoms with Gasteiger partial charge in [-0.05, 0) is 84.9 Å². The van der Waals surface area contributed by atoms with Crippen molar-refractivity contribution in [3.63, 3.8) is 0 Å². The van der Waals surface area contributed by atoms with Crippen molar-refractivity contribution >= 4 is 32.3 Å². The molecule has 0 fully saturated rings. The Morgan fingerprint density at radius 2 is 1.00 bits per heavy atom. The molecule has 2 aliphatic rings. The van der Waals surface area contributed by atoms with E-state index in [2.05, 4.69) is 182 Å². The van der Waals surface area contributed by atoms with Gasteiger partial charge in [-0.3, -0.25) is 0 Å². The van der Waals surface area contributed by atoms with Crippen LogP contribution in [0.2, 0.25) is 0 Å². The summed E-state index contributed by atoms with van der Waals surface area (Å²) in [5.41, 5.74) is 8.41. The van der Waals surface area contributed by atoms with Crippen molar-refractivity contribution in [3.8, 4) is 62.2 Å². The summed E-state index contributed by atoms with van der Waals surface area (Å²) in [7, 11) is 0. The molecule has 9 aromatic rings. The molecule has 8 aromatic carbocycles. The van der Waals surface area contributed by atoms with Crippen molar-refractivity contribution in [1.82, 2.24) is 15.0 Å². The van der Waals surface area contributed by atoms with E-state index < -0.39 is 0 Å². The van der Waals surface area contributed by atoms with Crippen molar-refractivity contribution in [1.29, 1.82) is 0 Å². The predicted octanol–water partition coefficient (Wildman–Crippen LogP) is 12.6. The Morgan fingerprint density at radius 1 is 0.382 bits per heavy atom. The maximum Gasteiger partial charge on any atom is 0.164 e. The highest BCUT2D eigenvalue weighted by Crippen LogP contribution is 2.48. The summed E-state index contributed by atoms with van der Waals surface area (Å²) < 4.78 is 6.70. The first kappa shape index (κ1) is 31.4. The fraction of sp³-hybridized carbons (Fsp3) is 0.0392. The molecule has 0 saturated heterocycles. The average molecular weight is 704 g/mol. The molecular weight excluding hydrogens is 671 g/mol. The summed E-state index contributed by atoms with van der Waals surface area (Å²) in [4.78, 5) is 16.0. The van der Waals surface area contributed by atoms with Crippen LogP contribution >= 0.6 is 0 Å². The number of rotatable bonds is 5. The molecule has 0 amide bonds. The van der Waals surface area contributed by atoms with E-state index in [1.54, 1.807) is 0 Å². The molecule has 2 heterocycles. The lowest BCUT2D eigenvalue weighted by atomic mass is 9.86. The van der Waals surface area contributed by atoms with Gasteiger partial charge in [-0.1, -0.05) is 158 Å². The molecule has 4 nitrogen and oxygen atoms in total. The molecule has 0 spiro atoms. The maximum atomic E-state index is 6.70. The highest BCUT2D eigenvalue weighted by atomic mass is 16.5. The summed E-state index contributed by atoms with van der Waals surface area (Å²) >= 11 is 0. The van der Waals surface area contributed by atoms with Gasteiger partial charge in [0.15, 0.2) is 17.5 Å². The van der Waals surface area contributed by atoms with E-state index in [0.717, 1.165) is 55.5 Å². The third-order valence-corrected chi connectivity index (χ3v) is 11.0. The second-order valence-corrected chi connectivity index (χ2v) is 14.3. The Balaban J connectivity index is 1.16. The quantitative estimate of drug-likeness (QED) is 0.167. The zero-order valence-electron chi connectivity index (χ0n) is 29.8. The van der Waals surface area contributed by atoms with Crippen molar-refractivity contribution in [2.75, 3.05) is 0 Å². The van der Waals surface area contributed by atoms with Crippen molar-refractivity contribution in [2.24, 2.45) is 0 Å². The zero-order valence-corrected chi connectivity index (χ0v) is 29.8. The molecule has 2 atom stereocenters. The van der Waals surface area contributed by atoms with Gasteiger partial charge in [0.25, 0.3) is 0 Å². The lowest BCUT2D eigenvalue weighted by molar-refractivity contribution is 0.269. The van der Waals surface area contributed by atoms with E-state index in [1.807, 2.05) is 6.07 Å². The molecule has 0 saturated carbocycles.